The van der Waals surface area contributed by atoms with Crippen molar-refractivity contribution in [3.05, 3.63) is 338 Å². The highest BCUT2D eigenvalue weighted by molar-refractivity contribution is 6.11. The maximum absolute atomic E-state index is 2.48. The summed E-state index contributed by atoms with van der Waals surface area (Å²) in [5, 5.41) is 2.44. The summed E-state index contributed by atoms with van der Waals surface area (Å²) in [5.41, 5.74) is 28.7. The molecule has 0 saturated carbocycles. The molecule has 2 nitrogen and oxygen atoms in total. The summed E-state index contributed by atoms with van der Waals surface area (Å²) in [7, 11) is 0. The number of hydrogen-bond acceptors (Lipinski definition) is 1. The van der Waals surface area contributed by atoms with Crippen LogP contribution in [-0.4, -0.2) is 4.57 Å². The second-order valence-corrected chi connectivity index (χ2v) is 21.5. The van der Waals surface area contributed by atoms with E-state index in [-0.39, 0.29) is 0 Å². The summed E-state index contributed by atoms with van der Waals surface area (Å²) in [4.78, 5) is 2.44. The average molecular weight is 1030 g/mol. The van der Waals surface area contributed by atoms with Crippen LogP contribution in [0.1, 0.15) is 22.3 Å². The molecule has 0 N–H and O–H groups in total. The predicted molar refractivity (Wildman–Crippen MR) is 339 cm³/mol. The van der Waals surface area contributed by atoms with Crippen LogP contribution in [-0.2, 0) is 5.41 Å². The second kappa shape index (κ2) is 18.8. The molecule has 2 aliphatic rings. The smallest absolute Gasteiger partial charge is 0.0726 e. The molecule has 2 aliphatic carbocycles. The maximum Gasteiger partial charge on any atom is 0.0726 e. The summed E-state index contributed by atoms with van der Waals surface area (Å²) in [5.74, 6) is 0. The van der Waals surface area contributed by atoms with Crippen LogP contribution in [0.3, 0.4) is 0 Å². The molecule has 81 heavy (non-hydrogen) atoms. The molecule has 16 rings (SSSR count). The normalized spacial score (nSPS) is 12.5. The average Bonchev–Trinajstić information content (AvgIpc) is 4.34. The van der Waals surface area contributed by atoms with E-state index < -0.39 is 5.41 Å². The topological polar surface area (TPSA) is 8.17 Å². The maximum atomic E-state index is 2.48. The number of fused-ring (bicyclic) bond motifs is 13. The van der Waals surface area contributed by atoms with Gasteiger partial charge in [0, 0.05) is 33.5 Å². The highest BCUT2D eigenvalue weighted by atomic mass is 15.1. The number of anilines is 3. The molecule has 378 valence electrons. The van der Waals surface area contributed by atoms with Gasteiger partial charge in [-0.1, -0.05) is 243 Å². The van der Waals surface area contributed by atoms with Crippen molar-refractivity contribution in [3.8, 4) is 83.6 Å². The molecule has 0 atom stereocenters. The second-order valence-electron chi connectivity index (χ2n) is 21.5. The third kappa shape index (κ3) is 7.42. The number of para-hydroxylation sites is 1. The standard InChI is InChI=1S/C79H52N2/c1-4-20-53(21-5-1)56-36-41-61(42-37-56)80(63-45-46-70-69-30-14-18-34-75(69)79(76(70)52-63)73-32-16-12-28-67(73)68-29-13-17-33-74(68)79)62-43-38-57(39-44-62)65-26-10-11-27-66(65)58-40-47-78-72(51-58)71-31-15-19-35-77(71)81(78)64-49-59(54-22-6-2-7-23-54)48-60(50-64)55-24-8-3-9-25-55/h1-52H. The Hall–Kier alpha value is -10.5. The minimum atomic E-state index is -0.456. The first-order chi connectivity index (χ1) is 40.2. The largest absolute Gasteiger partial charge is 0.310 e. The lowest BCUT2D eigenvalue weighted by Crippen LogP contribution is -2.26. The van der Waals surface area contributed by atoms with Gasteiger partial charge in [-0.3, -0.25) is 0 Å². The van der Waals surface area contributed by atoms with E-state index in [1.807, 2.05) is 0 Å². The van der Waals surface area contributed by atoms with Crippen LogP contribution in [0.2, 0.25) is 0 Å². The van der Waals surface area contributed by atoms with E-state index >= 15 is 0 Å². The van der Waals surface area contributed by atoms with Crippen molar-refractivity contribution in [2.45, 2.75) is 5.41 Å². The van der Waals surface area contributed by atoms with Crippen molar-refractivity contribution in [1.82, 2.24) is 4.57 Å². The van der Waals surface area contributed by atoms with Gasteiger partial charge in [0.2, 0.25) is 0 Å². The Labute approximate surface area is 472 Å². The molecule has 0 saturated heterocycles. The van der Waals surface area contributed by atoms with Gasteiger partial charge in [0.1, 0.15) is 0 Å². The number of rotatable bonds is 9. The van der Waals surface area contributed by atoms with E-state index in [1.165, 1.54) is 116 Å². The first-order valence-corrected chi connectivity index (χ1v) is 28.1. The summed E-state index contributed by atoms with van der Waals surface area (Å²) in [6, 6.07) is 117. The Balaban J connectivity index is 0.814. The molecule has 0 amide bonds. The number of aromatic nitrogens is 1. The van der Waals surface area contributed by atoms with E-state index in [0.717, 1.165) is 28.3 Å². The number of hydrogen-bond donors (Lipinski definition) is 0. The molecule has 14 aromatic rings. The van der Waals surface area contributed by atoms with Crippen molar-refractivity contribution < 1.29 is 0 Å². The van der Waals surface area contributed by atoms with Crippen molar-refractivity contribution in [1.29, 1.82) is 0 Å². The van der Waals surface area contributed by atoms with Gasteiger partial charge in [-0.2, -0.15) is 0 Å². The minimum Gasteiger partial charge on any atom is -0.310 e. The molecule has 1 aromatic heterocycles. The van der Waals surface area contributed by atoms with Gasteiger partial charge in [-0.15, -0.1) is 0 Å². The monoisotopic (exact) mass is 1030 g/mol. The van der Waals surface area contributed by atoms with Crippen molar-refractivity contribution in [3.63, 3.8) is 0 Å². The summed E-state index contributed by atoms with van der Waals surface area (Å²) >= 11 is 0. The number of nitrogens with zero attached hydrogens (tertiary/aromatic N) is 2. The zero-order valence-corrected chi connectivity index (χ0v) is 44.4. The summed E-state index contributed by atoms with van der Waals surface area (Å²) in [6.45, 7) is 0. The highest BCUT2D eigenvalue weighted by Gasteiger charge is 2.51. The minimum absolute atomic E-state index is 0.456. The van der Waals surface area contributed by atoms with E-state index in [1.54, 1.807) is 0 Å². The third-order valence-electron chi connectivity index (χ3n) is 17.2. The van der Waals surface area contributed by atoms with Crippen LogP contribution >= 0.6 is 0 Å². The first kappa shape index (κ1) is 46.5. The van der Waals surface area contributed by atoms with Crippen LogP contribution in [0.25, 0.3) is 105 Å². The molecule has 0 unspecified atom stereocenters. The molecule has 1 heterocycles. The summed E-state index contributed by atoms with van der Waals surface area (Å²) < 4.78 is 2.45. The quantitative estimate of drug-likeness (QED) is 0.140. The van der Waals surface area contributed by atoms with E-state index in [9.17, 15) is 0 Å². The van der Waals surface area contributed by atoms with E-state index in [2.05, 4.69) is 325 Å². The lowest BCUT2D eigenvalue weighted by atomic mass is 9.70. The predicted octanol–water partition coefficient (Wildman–Crippen LogP) is 20.9. The molecule has 2 heteroatoms. The molecule has 0 aliphatic heterocycles. The zero-order chi connectivity index (χ0) is 53.4. The lowest BCUT2D eigenvalue weighted by molar-refractivity contribution is 0.793. The Morgan fingerprint density at radius 2 is 0.617 bits per heavy atom. The van der Waals surface area contributed by atoms with Crippen LogP contribution in [0.15, 0.2) is 315 Å². The van der Waals surface area contributed by atoms with Gasteiger partial charge in [-0.05, 0) is 173 Å². The molecular formula is C79H52N2. The Morgan fingerprint density at radius 1 is 0.222 bits per heavy atom. The van der Waals surface area contributed by atoms with Crippen molar-refractivity contribution in [2.24, 2.45) is 0 Å². The molecular weight excluding hydrogens is 977 g/mol. The Morgan fingerprint density at radius 3 is 1.17 bits per heavy atom. The molecule has 0 bridgehead atoms. The van der Waals surface area contributed by atoms with Gasteiger partial charge in [-0.25, -0.2) is 0 Å². The van der Waals surface area contributed by atoms with Gasteiger partial charge >= 0.3 is 0 Å². The fourth-order valence-corrected chi connectivity index (χ4v) is 13.6. The van der Waals surface area contributed by atoms with Gasteiger partial charge in [0.15, 0.2) is 0 Å². The van der Waals surface area contributed by atoms with Gasteiger partial charge in [0.25, 0.3) is 0 Å². The van der Waals surface area contributed by atoms with Crippen LogP contribution in [0.5, 0.6) is 0 Å². The Kier molecular flexibility index (Phi) is 10.8. The van der Waals surface area contributed by atoms with Gasteiger partial charge < -0.3 is 9.47 Å². The Bertz CT molecular complexity index is 4600. The number of benzene rings is 13. The SMILES string of the molecule is c1ccc(-c2ccc(N(c3ccc(-c4ccccc4-c4ccc5c(c4)c4ccccc4n5-c4cc(-c5ccccc5)cc(-c5ccccc5)c4)cc3)c3ccc4c(c3)C3(c5ccccc5-c5ccccc53)c3ccccc3-4)cc2)cc1. The fraction of sp³-hybridized carbons (Fsp3) is 0.0127. The van der Waals surface area contributed by atoms with Crippen molar-refractivity contribution in [2.75, 3.05) is 4.90 Å². The van der Waals surface area contributed by atoms with Crippen LogP contribution in [0, 0.1) is 0 Å². The molecule has 0 fully saturated rings. The molecule has 13 aromatic carbocycles. The molecule has 1 spiro atoms. The van der Waals surface area contributed by atoms with E-state index in [0.29, 0.717) is 0 Å². The van der Waals surface area contributed by atoms with Crippen LogP contribution < -0.4 is 4.90 Å². The van der Waals surface area contributed by atoms with Crippen LogP contribution in [0.4, 0.5) is 17.1 Å². The first-order valence-electron chi connectivity index (χ1n) is 28.1. The fourth-order valence-electron chi connectivity index (χ4n) is 13.6. The lowest BCUT2D eigenvalue weighted by Gasteiger charge is -2.32. The van der Waals surface area contributed by atoms with Gasteiger partial charge in [0.05, 0.1) is 16.4 Å². The molecule has 0 radical (unpaired) electrons. The zero-order valence-electron chi connectivity index (χ0n) is 44.4. The third-order valence-corrected chi connectivity index (χ3v) is 17.2. The highest BCUT2D eigenvalue weighted by Crippen LogP contribution is 2.63. The summed E-state index contributed by atoms with van der Waals surface area (Å²) in [6.07, 6.45) is 0. The van der Waals surface area contributed by atoms with Crippen molar-refractivity contribution >= 4 is 38.9 Å². The van der Waals surface area contributed by atoms with E-state index in [4.69, 9.17) is 0 Å².